The minimum Gasteiger partial charge on any atom is -0.497 e. The number of rotatable bonds is 6. The van der Waals surface area contributed by atoms with E-state index in [9.17, 15) is 5.26 Å². The largest absolute Gasteiger partial charge is 0.497 e. The average Bonchev–Trinajstić information content (AvgIpc) is 3.19. The Balaban J connectivity index is 1.84. The lowest BCUT2D eigenvalue weighted by molar-refractivity contribution is 0.395. The molecule has 130 valence electrons. The van der Waals surface area contributed by atoms with Gasteiger partial charge in [-0.15, -0.1) is 11.3 Å². The molecule has 0 spiro atoms. The van der Waals surface area contributed by atoms with E-state index in [1.165, 1.54) is 11.3 Å². The Bertz CT molecular complexity index is 959. The number of methoxy groups -OCH3 is 2. The maximum atomic E-state index is 9.50. The number of hydrogen-bond donors (Lipinski definition) is 1. The second kappa shape index (κ2) is 8.19. The van der Waals surface area contributed by atoms with Gasteiger partial charge in [0.25, 0.3) is 0 Å². The van der Waals surface area contributed by atoms with Crippen molar-refractivity contribution in [2.45, 2.75) is 0 Å². The smallest absolute Gasteiger partial charge is 0.145 e. The van der Waals surface area contributed by atoms with Gasteiger partial charge >= 0.3 is 0 Å². The zero-order chi connectivity index (χ0) is 18.4. The molecule has 3 rings (SSSR count). The van der Waals surface area contributed by atoms with Gasteiger partial charge in [-0.1, -0.05) is 30.3 Å². The van der Waals surface area contributed by atoms with Crippen molar-refractivity contribution >= 4 is 22.6 Å². The monoisotopic (exact) mass is 363 g/mol. The molecule has 0 radical (unpaired) electrons. The Hall–Kier alpha value is -3.30. The van der Waals surface area contributed by atoms with Crippen molar-refractivity contribution in [1.29, 1.82) is 5.26 Å². The molecule has 6 heteroatoms. The van der Waals surface area contributed by atoms with E-state index in [-0.39, 0.29) is 0 Å². The van der Waals surface area contributed by atoms with Gasteiger partial charge in [-0.05, 0) is 12.1 Å². The van der Waals surface area contributed by atoms with Crippen LogP contribution in [0.5, 0.6) is 11.5 Å². The predicted octanol–water partition coefficient (Wildman–Crippen LogP) is 4.80. The molecule has 1 aromatic heterocycles. The molecule has 1 N–H and O–H groups in total. The van der Waals surface area contributed by atoms with Crippen LogP contribution in [0.2, 0.25) is 0 Å². The summed E-state index contributed by atoms with van der Waals surface area (Å²) in [7, 11) is 3.18. The van der Waals surface area contributed by atoms with Crippen molar-refractivity contribution in [2.75, 3.05) is 19.5 Å². The lowest BCUT2D eigenvalue weighted by Gasteiger charge is -2.10. The summed E-state index contributed by atoms with van der Waals surface area (Å²) in [6.45, 7) is 0. The molecular weight excluding hydrogens is 346 g/mol. The summed E-state index contributed by atoms with van der Waals surface area (Å²) in [5.41, 5.74) is 3.07. The topological polar surface area (TPSA) is 67.2 Å². The minimum absolute atomic E-state index is 0.454. The summed E-state index contributed by atoms with van der Waals surface area (Å²) in [5.74, 6) is 1.33. The van der Waals surface area contributed by atoms with E-state index >= 15 is 0 Å². The van der Waals surface area contributed by atoms with E-state index < -0.39 is 0 Å². The molecule has 26 heavy (non-hydrogen) atoms. The van der Waals surface area contributed by atoms with Crippen LogP contribution < -0.4 is 14.8 Å². The molecular formula is C20H17N3O2S. The quantitative estimate of drug-likeness (QED) is 0.637. The number of aromatic nitrogens is 1. The maximum absolute atomic E-state index is 9.50. The number of nitrogens with one attached hydrogen (secondary N) is 1. The lowest BCUT2D eigenvalue weighted by Crippen LogP contribution is -1.95. The zero-order valence-corrected chi connectivity index (χ0v) is 15.2. The number of anilines is 1. The fourth-order valence-electron chi connectivity index (χ4n) is 2.35. The number of nitrogens with zero attached hydrogens (tertiary/aromatic N) is 2. The molecule has 0 fully saturated rings. The van der Waals surface area contributed by atoms with Gasteiger partial charge in [0.05, 0.1) is 25.6 Å². The summed E-state index contributed by atoms with van der Waals surface area (Å²) < 4.78 is 10.5. The molecule has 0 bridgehead atoms. The highest BCUT2D eigenvalue weighted by Crippen LogP contribution is 2.30. The van der Waals surface area contributed by atoms with Crippen molar-refractivity contribution in [2.24, 2.45) is 0 Å². The number of hydrogen-bond acceptors (Lipinski definition) is 6. The third kappa shape index (κ3) is 3.85. The van der Waals surface area contributed by atoms with E-state index in [4.69, 9.17) is 9.47 Å². The summed E-state index contributed by atoms with van der Waals surface area (Å²) in [4.78, 5) is 4.57. The van der Waals surface area contributed by atoms with Crippen molar-refractivity contribution in [3.8, 4) is 28.8 Å². The first-order chi connectivity index (χ1) is 12.7. The van der Waals surface area contributed by atoms with E-state index in [1.807, 2.05) is 47.8 Å². The molecule has 0 aliphatic rings. The number of ether oxygens (including phenoxy) is 2. The van der Waals surface area contributed by atoms with E-state index in [1.54, 1.807) is 26.5 Å². The SMILES string of the molecule is COc1ccc(N/C=C(\C#N)c2nc(-c3ccccc3)cs2)c(OC)c1. The molecule has 3 aromatic rings. The zero-order valence-electron chi connectivity index (χ0n) is 14.4. The van der Waals surface area contributed by atoms with E-state index in [2.05, 4.69) is 16.4 Å². The van der Waals surface area contributed by atoms with Gasteiger partial charge in [-0.3, -0.25) is 0 Å². The average molecular weight is 363 g/mol. The second-order valence-electron chi connectivity index (χ2n) is 5.28. The first kappa shape index (κ1) is 17.5. The van der Waals surface area contributed by atoms with Crippen LogP contribution in [-0.4, -0.2) is 19.2 Å². The van der Waals surface area contributed by atoms with Crippen LogP contribution in [0.1, 0.15) is 5.01 Å². The van der Waals surface area contributed by atoms with Gasteiger partial charge in [0.2, 0.25) is 0 Å². The fourth-order valence-corrected chi connectivity index (χ4v) is 3.14. The fraction of sp³-hybridized carbons (Fsp3) is 0.100. The third-order valence-corrected chi connectivity index (χ3v) is 4.58. The summed E-state index contributed by atoms with van der Waals surface area (Å²) >= 11 is 1.44. The standard InChI is InChI=1S/C20H17N3O2S/c1-24-16-8-9-17(19(10-16)25-2)22-12-15(11-21)20-23-18(13-26-20)14-6-4-3-5-7-14/h3-10,12-13,22H,1-2H3/b15-12+. The molecule has 0 aliphatic carbocycles. The molecule has 0 saturated carbocycles. The van der Waals surface area contributed by atoms with Crippen LogP contribution in [-0.2, 0) is 0 Å². The van der Waals surface area contributed by atoms with E-state index in [0.29, 0.717) is 22.1 Å². The second-order valence-corrected chi connectivity index (χ2v) is 6.14. The van der Waals surface area contributed by atoms with Gasteiger partial charge in [0.1, 0.15) is 28.1 Å². The first-order valence-electron chi connectivity index (χ1n) is 7.85. The normalized spacial score (nSPS) is 10.9. The Kier molecular flexibility index (Phi) is 5.52. The van der Waals surface area contributed by atoms with Crippen LogP contribution in [0, 0.1) is 11.3 Å². The Morgan fingerprint density at radius 3 is 2.65 bits per heavy atom. The Labute approximate surface area is 156 Å². The highest BCUT2D eigenvalue weighted by Gasteiger charge is 2.10. The van der Waals surface area contributed by atoms with Crippen LogP contribution in [0.15, 0.2) is 60.1 Å². The number of thiazole rings is 1. The molecule has 2 aromatic carbocycles. The molecule has 5 nitrogen and oxygen atoms in total. The molecule has 0 aliphatic heterocycles. The van der Waals surface area contributed by atoms with E-state index in [0.717, 1.165) is 16.9 Å². The van der Waals surface area contributed by atoms with Crippen molar-refractivity contribution < 1.29 is 9.47 Å². The van der Waals surface area contributed by atoms with Crippen molar-refractivity contribution in [3.05, 3.63) is 65.1 Å². The Morgan fingerprint density at radius 2 is 1.96 bits per heavy atom. The van der Waals surface area contributed by atoms with Gasteiger partial charge in [-0.25, -0.2) is 4.98 Å². The molecule has 0 amide bonds. The maximum Gasteiger partial charge on any atom is 0.145 e. The number of nitriles is 1. The highest BCUT2D eigenvalue weighted by atomic mass is 32.1. The summed E-state index contributed by atoms with van der Waals surface area (Å²) in [5, 5.41) is 15.2. The molecule has 0 saturated heterocycles. The van der Waals surface area contributed by atoms with Gasteiger partial charge in [0, 0.05) is 23.2 Å². The third-order valence-electron chi connectivity index (χ3n) is 3.71. The predicted molar refractivity (Wildman–Crippen MR) is 104 cm³/mol. The van der Waals surface area contributed by atoms with Crippen LogP contribution in [0.3, 0.4) is 0 Å². The van der Waals surface area contributed by atoms with Crippen LogP contribution in [0.4, 0.5) is 5.69 Å². The number of benzene rings is 2. The molecule has 0 unspecified atom stereocenters. The van der Waals surface area contributed by atoms with Gasteiger partial charge in [0.15, 0.2) is 0 Å². The molecule has 1 heterocycles. The van der Waals surface area contributed by atoms with Crippen molar-refractivity contribution in [1.82, 2.24) is 4.98 Å². The van der Waals surface area contributed by atoms with Gasteiger partial charge < -0.3 is 14.8 Å². The Morgan fingerprint density at radius 1 is 1.15 bits per heavy atom. The van der Waals surface area contributed by atoms with Gasteiger partial charge in [-0.2, -0.15) is 5.26 Å². The lowest BCUT2D eigenvalue weighted by atomic mass is 10.2. The highest BCUT2D eigenvalue weighted by molar-refractivity contribution is 7.11. The van der Waals surface area contributed by atoms with Crippen molar-refractivity contribution in [3.63, 3.8) is 0 Å². The minimum atomic E-state index is 0.454. The summed E-state index contributed by atoms with van der Waals surface area (Å²) in [6, 6.07) is 17.5. The first-order valence-corrected chi connectivity index (χ1v) is 8.73. The number of allylic oxidation sites excluding steroid dienone is 1. The molecule has 0 atom stereocenters. The van der Waals surface area contributed by atoms with Crippen LogP contribution in [0.25, 0.3) is 16.8 Å². The summed E-state index contributed by atoms with van der Waals surface area (Å²) in [6.07, 6.45) is 1.64. The van der Waals surface area contributed by atoms with Crippen LogP contribution >= 0.6 is 11.3 Å².